The SMILES string of the molecule is O=C(OCc1ccc(OC(=O)N2CCN(C(=O)CCCCCCS)[C@@H]3CSSCC32)cc1)Oc1ccc([N+](=O)[O-])cc1. The zero-order chi connectivity index (χ0) is 29.9. The van der Waals surface area contributed by atoms with Gasteiger partial charge in [0.1, 0.15) is 18.1 Å². The van der Waals surface area contributed by atoms with Crippen LogP contribution in [-0.4, -0.2) is 75.3 Å². The van der Waals surface area contributed by atoms with Crippen LogP contribution >= 0.6 is 34.2 Å². The molecule has 2 atom stereocenters. The highest BCUT2D eigenvalue weighted by atomic mass is 33.1. The normalized spacial score (nSPS) is 18.1. The molecule has 2 aromatic carbocycles. The predicted octanol–water partition coefficient (Wildman–Crippen LogP) is 5.97. The van der Waals surface area contributed by atoms with E-state index >= 15 is 0 Å². The molecule has 2 heterocycles. The number of nitro benzene ring substituents is 1. The number of carbonyl (C=O) groups excluding carboxylic acids is 3. The molecular formula is C28H33N3O8S3. The Morgan fingerprint density at radius 2 is 1.45 bits per heavy atom. The highest BCUT2D eigenvalue weighted by Crippen LogP contribution is 2.37. The summed E-state index contributed by atoms with van der Waals surface area (Å²) < 4.78 is 15.8. The largest absolute Gasteiger partial charge is 0.514 e. The highest BCUT2D eigenvalue weighted by Gasteiger charge is 2.43. The second-order valence-electron chi connectivity index (χ2n) is 9.78. The molecule has 0 bridgehead atoms. The molecule has 2 aromatic rings. The molecule has 14 heteroatoms. The van der Waals surface area contributed by atoms with Gasteiger partial charge in [0.25, 0.3) is 5.69 Å². The summed E-state index contributed by atoms with van der Waals surface area (Å²) in [7, 11) is 3.43. The first-order chi connectivity index (χ1) is 20.4. The minimum Gasteiger partial charge on any atom is -0.429 e. The van der Waals surface area contributed by atoms with Crippen LogP contribution in [0, 0.1) is 10.1 Å². The number of nitro groups is 1. The lowest BCUT2D eigenvalue weighted by molar-refractivity contribution is -0.384. The molecule has 2 saturated heterocycles. The third-order valence-corrected chi connectivity index (χ3v) is 9.73. The van der Waals surface area contributed by atoms with Crippen molar-refractivity contribution in [3.8, 4) is 11.5 Å². The molecule has 0 radical (unpaired) electrons. The number of hydrogen-bond acceptors (Lipinski definition) is 11. The van der Waals surface area contributed by atoms with Crippen LogP contribution in [0.5, 0.6) is 11.5 Å². The van der Waals surface area contributed by atoms with Crippen LogP contribution in [0.25, 0.3) is 0 Å². The van der Waals surface area contributed by atoms with E-state index in [2.05, 4.69) is 12.6 Å². The Kier molecular flexibility index (Phi) is 12.1. The van der Waals surface area contributed by atoms with Crippen molar-refractivity contribution in [1.29, 1.82) is 0 Å². The Balaban J connectivity index is 1.25. The summed E-state index contributed by atoms with van der Waals surface area (Å²) in [6, 6.07) is 11.5. The van der Waals surface area contributed by atoms with E-state index in [-0.39, 0.29) is 36.0 Å². The Bertz CT molecular complexity index is 1230. The van der Waals surface area contributed by atoms with E-state index in [0.29, 0.717) is 30.8 Å². The number of rotatable bonds is 11. The molecular weight excluding hydrogens is 603 g/mol. The maximum atomic E-state index is 13.2. The van der Waals surface area contributed by atoms with Gasteiger partial charge in [-0.1, -0.05) is 46.6 Å². The van der Waals surface area contributed by atoms with E-state index < -0.39 is 17.2 Å². The molecule has 0 aromatic heterocycles. The Hall–Kier alpha value is -3.10. The zero-order valence-corrected chi connectivity index (χ0v) is 25.5. The smallest absolute Gasteiger partial charge is 0.429 e. The standard InChI is InChI=1S/C28H33N3O8S3/c32-26(5-3-1-2-4-16-40)29-14-15-30(25-19-42-41-18-24(25)29)27(33)38-22-10-6-20(7-11-22)17-37-28(34)39-23-12-8-21(9-13-23)31(35)36/h6-13,24-25,40H,1-5,14-19H2/t24-,25?/m1/s1. The van der Waals surface area contributed by atoms with Crippen molar-refractivity contribution in [3.05, 3.63) is 64.2 Å². The van der Waals surface area contributed by atoms with E-state index in [1.165, 1.54) is 24.3 Å². The van der Waals surface area contributed by atoms with Crippen LogP contribution in [0.15, 0.2) is 48.5 Å². The molecule has 11 nitrogen and oxygen atoms in total. The van der Waals surface area contributed by atoms with Gasteiger partial charge in [0.15, 0.2) is 0 Å². The lowest BCUT2D eigenvalue weighted by atomic mass is 10.0. The average Bonchev–Trinajstić information content (AvgIpc) is 3.00. The van der Waals surface area contributed by atoms with Crippen molar-refractivity contribution in [2.24, 2.45) is 0 Å². The molecule has 2 aliphatic heterocycles. The minimum atomic E-state index is -0.955. The van der Waals surface area contributed by atoms with E-state index in [1.54, 1.807) is 50.8 Å². The fraction of sp³-hybridized carbons (Fsp3) is 0.464. The van der Waals surface area contributed by atoms with Gasteiger partial charge >= 0.3 is 12.2 Å². The number of unbranched alkanes of at least 4 members (excludes halogenated alkanes) is 3. The van der Waals surface area contributed by atoms with Crippen molar-refractivity contribution >= 4 is 58.1 Å². The first-order valence-corrected chi connectivity index (χ1v) is 16.8. The molecule has 1 unspecified atom stereocenters. The maximum absolute atomic E-state index is 13.2. The van der Waals surface area contributed by atoms with E-state index in [0.717, 1.165) is 42.9 Å². The molecule has 0 N–H and O–H groups in total. The molecule has 2 aliphatic rings. The number of amides is 2. The van der Waals surface area contributed by atoms with E-state index in [1.807, 2.05) is 4.90 Å². The summed E-state index contributed by atoms with van der Waals surface area (Å²) in [6.45, 7) is 0.826. The Labute approximate surface area is 257 Å². The van der Waals surface area contributed by atoms with Gasteiger partial charge < -0.3 is 24.0 Å². The first-order valence-electron chi connectivity index (χ1n) is 13.7. The number of piperazine rings is 1. The van der Waals surface area contributed by atoms with Gasteiger partial charge in [-0.3, -0.25) is 14.9 Å². The monoisotopic (exact) mass is 635 g/mol. The molecule has 0 saturated carbocycles. The van der Waals surface area contributed by atoms with Gasteiger partial charge in [0.2, 0.25) is 5.91 Å². The maximum Gasteiger partial charge on any atom is 0.514 e. The molecule has 0 spiro atoms. The third kappa shape index (κ3) is 8.95. The fourth-order valence-corrected chi connectivity index (χ4v) is 7.65. The summed E-state index contributed by atoms with van der Waals surface area (Å²) in [5.41, 5.74) is 0.529. The number of fused-ring (bicyclic) bond motifs is 1. The summed E-state index contributed by atoms with van der Waals surface area (Å²) in [6.07, 6.45) is 3.16. The summed E-state index contributed by atoms with van der Waals surface area (Å²) in [5, 5.41) is 10.7. The fourth-order valence-electron chi connectivity index (χ4n) is 4.74. The predicted molar refractivity (Wildman–Crippen MR) is 164 cm³/mol. The van der Waals surface area contributed by atoms with Crippen LogP contribution in [0.4, 0.5) is 15.3 Å². The molecule has 0 aliphatic carbocycles. The van der Waals surface area contributed by atoms with Crippen molar-refractivity contribution in [2.75, 3.05) is 30.3 Å². The summed E-state index contributed by atoms with van der Waals surface area (Å²) in [5.74, 6) is 2.99. The Morgan fingerprint density at radius 1 is 0.857 bits per heavy atom. The van der Waals surface area contributed by atoms with Crippen molar-refractivity contribution < 1.29 is 33.5 Å². The van der Waals surface area contributed by atoms with Gasteiger partial charge in [-0.05, 0) is 48.4 Å². The summed E-state index contributed by atoms with van der Waals surface area (Å²) >= 11 is 4.24. The zero-order valence-electron chi connectivity index (χ0n) is 22.9. The van der Waals surface area contributed by atoms with Crippen molar-refractivity contribution in [3.63, 3.8) is 0 Å². The van der Waals surface area contributed by atoms with E-state index in [9.17, 15) is 24.5 Å². The van der Waals surface area contributed by atoms with Gasteiger partial charge in [0.05, 0.1) is 17.0 Å². The van der Waals surface area contributed by atoms with E-state index in [4.69, 9.17) is 14.2 Å². The van der Waals surface area contributed by atoms with Crippen LogP contribution in [0.1, 0.15) is 37.7 Å². The van der Waals surface area contributed by atoms with Crippen LogP contribution in [0.3, 0.4) is 0 Å². The summed E-state index contributed by atoms with van der Waals surface area (Å²) in [4.78, 5) is 52.0. The number of benzene rings is 2. The van der Waals surface area contributed by atoms with Crippen molar-refractivity contribution in [1.82, 2.24) is 9.80 Å². The van der Waals surface area contributed by atoms with Gasteiger partial charge in [-0.15, -0.1) is 0 Å². The molecule has 2 fully saturated rings. The lowest BCUT2D eigenvalue weighted by Crippen LogP contribution is -2.65. The number of thiol groups is 1. The number of non-ortho nitro benzene ring substituents is 1. The molecule has 226 valence electrons. The van der Waals surface area contributed by atoms with Gasteiger partial charge in [-0.2, -0.15) is 12.6 Å². The van der Waals surface area contributed by atoms with Crippen LogP contribution in [0.2, 0.25) is 0 Å². The highest BCUT2D eigenvalue weighted by molar-refractivity contribution is 8.76. The number of ether oxygens (including phenoxy) is 3. The second kappa shape index (κ2) is 15.9. The number of nitrogens with zero attached hydrogens (tertiary/aromatic N) is 3. The van der Waals surface area contributed by atoms with Crippen molar-refractivity contribution in [2.45, 2.75) is 50.8 Å². The Morgan fingerprint density at radius 3 is 2.12 bits per heavy atom. The second-order valence-corrected chi connectivity index (χ2v) is 12.8. The number of carbonyl (C=O) groups is 3. The lowest BCUT2D eigenvalue weighted by Gasteiger charge is -2.48. The van der Waals surface area contributed by atoms with Crippen LogP contribution in [-0.2, 0) is 16.1 Å². The molecule has 2 amide bonds. The minimum absolute atomic E-state index is 0.0345. The average molecular weight is 636 g/mol. The molecule has 4 rings (SSSR count). The molecule has 42 heavy (non-hydrogen) atoms. The number of hydrogen-bond donors (Lipinski definition) is 1. The van der Waals surface area contributed by atoms with Crippen LogP contribution < -0.4 is 9.47 Å². The topological polar surface area (TPSA) is 129 Å². The van der Waals surface area contributed by atoms with Gasteiger partial charge in [-0.25, -0.2) is 9.59 Å². The quantitative estimate of drug-likeness (QED) is 0.0600. The third-order valence-electron chi connectivity index (χ3n) is 6.98. The first kappa shape index (κ1) is 31.8. The van der Waals surface area contributed by atoms with Gasteiger partial charge in [0, 0.05) is 43.1 Å².